The average molecular weight is 434 g/mol. The molecule has 2 aliphatic rings. The molecular weight excluding hydrogens is 406 g/mol. The maximum Gasteiger partial charge on any atom is 0.297 e. The van der Waals surface area contributed by atoms with Gasteiger partial charge in [0.2, 0.25) is 5.95 Å². The molecule has 0 bridgehead atoms. The van der Waals surface area contributed by atoms with Crippen LogP contribution < -0.4 is 21.7 Å². The Labute approximate surface area is 185 Å². The van der Waals surface area contributed by atoms with E-state index in [1.54, 1.807) is 12.4 Å². The van der Waals surface area contributed by atoms with Crippen LogP contribution in [-0.2, 0) is 11.4 Å². The third-order valence-corrected chi connectivity index (χ3v) is 5.83. The molecule has 1 aromatic carbocycles. The Morgan fingerprint density at radius 2 is 2.22 bits per heavy atom. The van der Waals surface area contributed by atoms with Crippen LogP contribution in [0.3, 0.4) is 0 Å². The summed E-state index contributed by atoms with van der Waals surface area (Å²) in [4.78, 5) is 25.9. The van der Waals surface area contributed by atoms with Gasteiger partial charge in [0.1, 0.15) is 17.6 Å². The largest absolute Gasteiger partial charge is 0.340 e. The van der Waals surface area contributed by atoms with Crippen molar-refractivity contribution in [3.63, 3.8) is 0 Å². The van der Waals surface area contributed by atoms with Gasteiger partial charge in [0.05, 0.1) is 18.1 Å². The first-order valence-electron chi connectivity index (χ1n) is 11.0. The second kappa shape index (κ2) is 8.60. The number of benzene rings is 1. The molecule has 9 heteroatoms. The lowest BCUT2D eigenvalue weighted by Crippen LogP contribution is -2.43. The number of piperidine rings is 1. The van der Waals surface area contributed by atoms with Crippen molar-refractivity contribution in [1.82, 2.24) is 24.8 Å². The van der Waals surface area contributed by atoms with Gasteiger partial charge in [-0.3, -0.25) is 19.7 Å². The molecule has 3 N–H and O–H groups in total. The van der Waals surface area contributed by atoms with Crippen LogP contribution in [0.1, 0.15) is 37.3 Å². The zero-order valence-electron chi connectivity index (χ0n) is 18.1. The maximum atomic E-state index is 13.5. The fourth-order valence-electron chi connectivity index (χ4n) is 4.25. The normalized spacial score (nSPS) is 20.1. The highest BCUT2D eigenvalue weighted by Crippen LogP contribution is 2.25. The van der Waals surface area contributed by atoms with Crippen LogP contribution >= 0.6 is 0 Å². The topological polar surface area (TPSA) is 103 Å². The van der Waals surface area contributed by atoms with Gasteiger partial charge >= 0.3 is 0 Å². The van der Waals surface area contributed by atoms with Crippen LogP contribution in [0.4, 0.5) is 5.95 Å². The molecule has 9 nitrogen and oxygen atoms in total. The Kier molecular flexibility index (Phi) is 5.50. The second-order valence-corrected chi connectivity index (χ2v) is 8.14. The van der Waals surface area contributed by atoms with Crippen LogP contribution in [0.25, 0.3) is 29.1 Å². The predicted octanol–water partition coefficient (Wildman–Crippen LogP) is 2.39. The molecule has 0 amide bonds. The van der Waals surface area contributed by atoms with Crippen LogP contribution in [0.2, 0.25) is 0 Å². The Bertz CT molecular complexity index is 1260. The van der Waals surface area contributed by atoms with Crippen molar-refractivity contribution in [2.45, 2.75) is 38.8 Å². The highest BCUT2D eigenvalue weighted by atomic mass is 16.6. The van der Waals surface area contributed by atoms with E-state index in [9.17, 15) is 4.79 Å². The quantitative estimate of drug-likeness (QED) is 0.651. The third-order valence-electron chi connectivity index (χ3n) is 5.83. The number of nitrogens with one attached hydrogen (secondary N) is 1. The van der Waals surface area contributed by atoms with Gasteiger partial charge in [-0.2, -0.15) is 5.10 Å². The summed E-state index contributed by atoms with van der Waals surface area (Å²) in [5.41, 5.74) is 12.6. The van der Waals surface area contributed by atoms with Crippen LogP contribution in [0.15, 0.2) is 41.3 Å². The number of anilines is 1. The van der Waals surface area contributed by atoms with Gasteiger partial charge in [-0.15, -0.1) is 0 Å². The SMILES string of the molecule is CCC=Cn1c(N2CCCC(N)C2)nc2cnn(/C=C3/NOCc4ccccc43)c(=O)c21. The number of nitrogens with two attached hydrogens (primary N) is 1. The van der Waals surface area contributed by atoms with Crippen molar-refractivity contribution >= 4 is 35.1 Å². The molecule has 5 rings (SSSR count). The fourth-order valence-corrected chi connectivity index (χ4v) is 4.25. The van der Waals surface area contributed by atoms with Gasteiger partial charge < -0.3 is 10.6 Å². The van der Waals surface area contributed by atoms with Crippen LogP contribution in [0.5, 0.6) is 0 Å². The number of hydrogen-bond donors (Lipinski definition) is 2. The summed E-state index contributed by atoms with van der Waals surface area (Å²) in [5.74, 6) is 0.730. The summed E-state index contributed by atoms with van der Waals surface area (Å²) in [6, 6.07) is 8.02. The highest BCUT2D eigenvalue weighted by molar-refractivity contribution is 5.81. The number of nitrogens with zero attached hydrogens (tertiary/aromatic N) is 5. The van der Waals surface area contributed by atoms with Crippen molar-refractivity contribution in [2.24, 2.45) is 5.73 Å². The molecule has 1 saturated heterocycles. The van der Waals surface area contributed by atoms with Gasteiger partial charge in [-0.25, -0.2) is 9.67 Å². The second-order valence-electron chi connectivity index (χ2n) is 8.14. The lowest BCUT2D eigenvalue weighted by molar-refractivity contribution is 0.0575. The van der Waals surface area contributed by atoms with Crippen molar-refractivity contribution < 1.29 is 4.84 Å². The first-order chi connectivity index (χ1) is 15.7. The van der Waals surface area contributed by atoms with Crippen molar-refractivity contribution in [2.75, 3.05) is 18.0 Å². The molecule has 3 aromatic rings. The summed E-state index contributed by atoms with van der Waals surface area (Å²) in [5, 5.41) is 4.36. The first-order valence-corrected chi connectivity index (χ1v) is 11.0. The number of aromatic nitrogens is 4. The Balaban J connectivity index is 1.64. The zero-order valence-corrected chi connectivity index (χ0v) is 18.1. The first kappa shape index (κ1) is 20.5. The lowest BCUT2D eigenvalue weighted by atomic mass is 10.1. The molecule has 2 aliphatic heterocycles. The third kappa shape index (κ3) is 3.69. The standard InChI is InChI=1S/C23H27N7O2/c1-2-3-11-29-21-19(26-23(29)28-10-6-8-17(24)13-28)12-25-30(22(21)31)14-20-18-9-5-4-7-16(18)15-32-27-20/h3-5,7,9,11-12,14,17,27H,2,6,8,10,13,15,24H2,1H3/b11-3?,20-14+. The van der Waals surface area contributed by atoms with Gasteiger partial charge in [0.25, 0.3) is 5.56 Å². The molecule has 166 valence electrons. The van der Waals surface area contributed by atoms with Crippen molar-refractivity contribution in [1.29, 1.82) is 0 Å². The number of allylic oxidation sites excluding steroid dienone is 1. The van der Waals surface area contributed by atoms with Crippen LogP contribution in [-0.4, -0.2) is 38.5 Å². The highest BCUT2D eigenvalue weighted by Gasteiger charge is 2.24. The number of imidazole rings is 1. The minimum absolute atomic E-state index is 0.101. The molecule has 0 spiro atoms. The molecule has 0 aliphatic carbocycles. The molecule has 4 heterocycles. The number of fused-ring (bicyclic) bond motifs is 2. The number of rotatable bonds is 4. The van der Waals surface area contributed by atoms with E-state index in [2.05, 4.69) is 22.4 Å². The summed E-state index contributed by atoms with van der Waals surface area (Å²) in [6.07, 6.45) is 10.1. The summed E-state index contributed by atoms with van der Waals surface area (Å²) < 4.78 is 3.20. The molecule has 2 aromatic heterocycles. The van der Waals surface area contributed by atoms with E-state index in [0.717, 1.165) is 42.9 Å². The Morgan fingerprint density at radius 3 is 3.06 bits per heavy atom. The van der Waals surface area contributed by atoms with E-state index in [4.69, 9.17) is 15.6 Å². The van der Waals surface area contributed by atoms with E-state index in [0.29, 0.717) is 29.9 Å². The molecule has 0 saturated carbocycles. The zero-order chi connectivity index (χ0) is 22.1. The Hall–Kier alpha value is -3.43. The number of hydroxylamine groups is 1. The summed E-state index contributed by atoms with van der Waals surface area (Å²) in [7, 11) is 0. The summed E-state index contributed by atoms with van der Waals surface area (Å²) in [6.45, 7) is 4.10. The molecule has 1 unspecified atom stereocenters. The van der Waals surface area contributed by atoms with E-state index < -0.39 is 0 Å². The number of hydrogen-bond acceptors (Lipinski definition) is 7. The van der Waals surface area contributed by atoms with Gasteiger partial charge in [0.15, 0.2) is 0 Å². The summed E-state index contributed by atoms with van der Waals surface area (Å²) >= 11 is 0. The van der Waals surface area contributed by atoms with Gasteiger partial charge in [-0.1, -0.05) is 37.3 Å². The maximum absolute atomic E-state index is 13.5. The van der Waals surface area contributed by atoms with E-state index >= 15 is 0 Å². The monoisotopic (exact) mass is 433 g/mol. The minimum atomic E-state index is -0.249. The van der Waals surface area contributed by atoms with E-state index in [1.165, 1.54) is 4.68 Å². The average Bonchev–Trinajstić information content (AvgIpc) is 3.19. The van der Waals surface area contributed by atoms with Crippen molar-refractivity contribution in [3.05, 3.63) is 58.0 Å². The van der Waals surface area contributed by atoms with Gasteiger partial charge in [0, 0.05) is 30.9 Å². The molecule has 1 fully saturated rings. The van der Waals surface area contributed by atoms with Gasteiger partial charge in [-0.05, 0) is 24.8 Å². The Morgan fingerprint density at radius 1 is 1.34 bits per heavy atom. The lowest BCUT2D eigenvalue weighted by Gasteiger charge is -2.31. The predicted molar refractivity (Wildman–Crippen MR) is 125 cm³/mol. The smallest absolute Gasteiger partial charge is 0.297 e. The fraction of sp³-hybridized carbons (Fsp3) is 0.348. The van der Waals surface area contributed by atoms with E-state index in [-0.39, 0.29) is 11.6 Å². The van der Waals surface area contributed by atoms with Crippen molar-refractivity contribution in [3.8, 4) is 0 Å². The minimum Gasteiger partial charge on any atom is -0.340 e. The molecule has 0 radical (unpaired) electrons. The molecular formula is C23H27N7O2. The van der Waals surface area contributed by atoms with E-state index in [1.807, 2.05) is 41.1 Å². The molecule has 1 atom stereocenters. The molecule has 32 heavy (non-hydrogen) atoms. The van der Waals surface area contributed by atoms with Crippen LogP contribution in [0, 0.1) is 0 Å².